The van der Waals surface area contributed by atoms with E-state index in [1.165, 1.54) is 24.3 Å². The minimum Gasteiger partial charge on any atom is -0.402 e. The first-order valence-electron chi connectivity index (χ1n) is 14.9. The number of rotatable bonds is 6. The number of alkyl halides is 12. The van der Waals surface area contributed by atoms with Gasteiger partial charge in [-0.1, -0.05) is 12.1 Å². The Hall–Kier alpha value is -8.08. The van der Waals surface area contributed by atoms with Crippen molar-refractivity contribution < 1.29 is 71.6 Å². The lowest BCUT2D eigenvalue weighted by molar-refractivity contribution is -0.287. The Morgan fingerprint density at radius 1 is 0.397 bits per heavy atom. The monoisotopic (exact) mass is 816 g/mol. The molecule has 0 atom stereocenters. The second-order valence-electron chi connectivity index (χ2n) is 11.1. The molecule has 3 aromatic rings. The van der Waals surface area contributed by atoms with Crippen molar-refractivity contribution >= 4 is 33.4 Å². The molecular formula is C36H8F12N6O4. The van der Waals surface area contributed by atoms with Crippen LogP contribution in [0.1, 0.15) is 33.4 Å². The summed E-state index contributed by atoms with van der Waals surface area (Å²) in [6.07, 6.45) is -22.3. The maximum atomic E-state index is 13.3. The van der Waals surface area contributed by atoms with Gasteiger partial charge in [-0.3, -0.25) is 0 Å². The zero-order valence-electron chi connectivity index (χ0n) is 27.5. The molecule has 0 aromatic heterocycles. The van der Waals surface area contributed by atoms with Crippen LogP contribution in [-0.2, 0) is 0 Å². The Morgan fingerprint density at radius 3 is 0.948 bits per heavy atom. The lowest BCUT2D eigenvalue weighted by Gasteiger charge is -2.17. The number of nitrogens with zero attached hydrogens (tertiary/aromatic N) is 6. The number of benzene rings is 3. The average molecular weight is 816 g/mol. The van der Waals surface area contributed by atoms with E-state index >= 15 is 0 Å². The molecule has 0 unspecified atom stereocenters. The molecule has 5 rings (SSSR count). The summed E-state index contributed by atoms with van der Waals surface area (Å²) in [7, 11) is 0. The van der Waals surface area contributed by atoms with Gasteiger partial charge in [0.25, 0.3) is 0 Å². The van der Waals surface area contributed by atoms with Gasteiger partial charge in [0.15, 0.2) is 23.0 Å². The van der Waals surface area contributed by atoms with E-state index in [2.05, 4.69) is 18.9 Å². The summed E-state index contributed by atoms with van der Waals surface area (Å²) in [6, 6.07) is 14.4. The topological polar surface area (TPSA) is 180 Å². The molecule has 2 aliphatic carbocycles. The highest BCUT2D eigenvalue weighted by Crippen LogP contribution is 2.55. The van der Waals surface area contributed by atoms with Crippen molar-refractivity contribution in [3.05, 3.63) is 93.1 Å². The normalized spacial score (nSPS) is 13.6. The maximum Gasteiger partial charge on any atom is 0.573 e. The Kier molecular flexibility index (Phi) is 10.3. The smallest absolute Gasteiger partial charge is 0.402 e. The minimum absolute atomic E-state index is 0.309. The average Bonchev–Trinajstić information content (AvgIpc) is 3.59. The number of halogens is 12. The highest BCUT2D eigenvalue weighted by atomic mass is 19.4. The third kappa shape index (κ3) is 8.13. The fraction of sp³-hybridized carbons (Fsp3) is 0.111. The Bertz CT molecular complexity index is 2480. The van der Waals surface area contributed by atoms with Crippen LogP contribution in [0.2, 0.25) is 0 Å². The molecule has 58 heavy (non-hydrogen) atoms. The van der Waals surface area contributed by atoms with Gasteiger partial charge < -0.3 is 18.9 Å². The summed E-state index contributed by atoms with van der Waals surface area (Å²) in [6.45, 7) is 0. The number of allylic oxidation sites excluding steroid dienone is 8. The zero-order chi connectivity index (χ0) is 43.1. The number of hydrogen-bond acceptors (Lipinski definition) is 10. The summed E-state index contributed by atoms with van der Waals surface area (Å²) in [5.41, 5.74) is -7.37. The van der Waals surface area contributed by atoms with Gasteiger partial charge in [-0.25, -0.2) is 0 Å². The van der Waals surface area contributed by atoms with Gasteiger partial charge in [-0.15, -0.1) is 52.7 Å². The second kappa shape index (κ2) is 14.5. The molecule has 0 bridgehead atoms. The van der Waals surface area contributed by atoms with Crippen molar-refractivity contribution in [3.63, 3.8) is 0 Å². The van der Waals surface area contributed by atoms with Gasteiger partial charge in [-0.05, 0) is 58.7 Å². The Labute approximate surface area is 314 Å². The van der Waals surface area contributed by atoms with Crippen molar-refractivity contribution in [1.82, 2.24) is 0 Å². The molecule has 0 amide bonds. The first kappa shape index (κ1) is 41.1. The van der Waals surface area contributed by atoms with E-state index in [0.717, 1.165) is 24.3 Å². The molecule has 22 heteroatoms. The Balaban J connectivity index is 1.85. The highest BCUT2D eigenvalue weighted by Gasteiger charge is 2.41. The first-order valence-corrected chi connectivity index (χ1v) is 14.9. The number of fused-ring (bicyclic) bond motifs is 2. The van der Waals surface area contributed by atoms with Crippen molar-refractivity contribution in [3.8, 4) is 59.4 Å². The van der Waals surface area contributed by atoms with Crippen LogP contribution >= 0.6 is 0 Å². The van der Waals surface area contributed by atoms with E-state index in [1.807, 2.05) is 0 Å². The molecule has 0 radical (unpaired) electrons. The van der Waals surface area contributed by atoms with Crippen LogP contribution in [0.5, 0.6) is 23.0 Å². The van der Waals surface area contributed by atoms with Crippen LogP contribution in [0.25, 0.3) is 33.4 Å². The second-order valence-corrected chi connectivity index (χ2v) is 11.1. The van der Waals surface area contributed by atoms with Gasteiger partial charge in [0, 0.05) is 33.4 Å². The molecule has 0 N–H and O–H groups in total. The van der Waals surface area contributed by atoms with E-state index in [1.54, 1.807) is 12.1 Å². The number of hydrogen-bond donors (Lipinski definition) is 0. The zero-order valence-corrected chi connectivity index (χ0v) is 27.5. The molecule has 0 aliphatic heterocycles. The molecular weight excluding hydrogens is 808 g/mol. The lowest BCUT2D eigenvalue weighted by atomic mass is 9.90. The molecule has 0 saturated heterocycles. The molecule has 0 saturated carbocycles. The van der Waals surface area contributed by atoms with E-state index in [4.69, 9.17) is 0 Å². The number of ether oxygens (including phenoxy) is 4. The molecule has 290 valence electrons. The lowest BCUT2D eigenvalue weighted by Crippen LogP contribution is -2.21. The third-order valence-electron chi connectivity index (χ3n) is 7.77. The van der Waals surface area contributed by atoms with Crippen LogP contribution in [-0.4, -0.2) is 25.4 Å². The van der Waals surface area contributed by atoms with E-state index in [-0.39, 0.29) is 22.3 Å². The maximum absolute atomic E-state index is 13.3. The first-order chi connectivity index (χ1) is 27.0. The predicted octanol–water partition coefficient (Wildman–Crippen LogP) is 9.78. The summed E-state index contributed by atoms with van der Waals surface area (Å²) < 4.78 is 173. The van der Waals surface area contributed by atoms with Crippen LogP contribution in [0.15, 0.2) is 59.7 Å². The van der Waals surface area contributed by atoms with Crippen molar-refractivity contribution in [1.29, 1.82) is 31.6 Å². The molecule has 0 spiro atoms. The van der Waals surface area contributed by atoms with Gasteiger partial charge >= 0.3 is 25.4 Å². The minimum atomic E-state index is -5.61. The molecule has 2 aliphatic rings. The van der Waals surface area contributed by atoms with Gasteiger partial charge in [-0.2, -0.15) is 31.6 Å². The van der Waals surface area contributed by atoms with Crippen LogP contribution in [0.3, 0.4) is 0 Å². The molecule has 0 fully saturated rings. The number of nitriles is 6. The van der Waals surface area contributed by atoms with Crippen molar-refractivity contribution in [2.45, 2.75) is 25.4 Å². The quantitative estimate of drug-likeness (QED) is 0.172. The molecule has 0 heterocycles. The third-order valence-corrected chi connectivity index (χ3v) is 7.77. The van der Waals surface area contributed by atoms with E-state index in [0.29, 0.717) is 24.3 Å². The van der Waals surface area contributed by atoms with Gasteiger partial charge in [0.2, 0.25) is 0 Å². The summed E-state index contributed by atoms with van der Waals surface area (Å²) in [5.74, 6) is -6.17. The van der Waals surface area contributed by atoms with Crippen molar-refractivity contribution in [2.75, 3.05) is 0 Å². The summed E-state index contributed by atoms with van der Waals surface area (Å²) in [5, 5.41) is 60.4. The van der Waals surface area contributed by atoms with E-state index in [9.17, 15) is 84.3 Å². The van der Waals surface area contributed by atoms with Crippen LogP contribution in [0, 0.1) is 68.0 Å². The summed E-state index contributed by atoms with van der Waals surface area (Å²) in [4.78, 5) is 0. The van der Waals surface area contributed by atoms with E-state index < -0.39 is 104 Å². The van der Waals surface area contributed by atoms with Gasteiger partial charge in [0.05, 0.1) is 11.1 Å². The fourth-order valence-corrected chi connectivity index (χ4v) is 5.97. The SMILES string of the molecule is N#CC(C#N)=C1C(c2ccc(OC(F)(F)F)c(OC(F)(F)F)c2)=C(C#N)c2cc3c(cc21)C(C#N)=C(c1ccc(OC(F)(F)F)c(OC(F)(F)F)c1)C3=C(C#N)C#N. The summed E-state index contributed by atoms with van der Waals surface area (Å²) >= 11 is 0. The molecule has 10 nitrogen and oxygen atoms in total. The predicted molar refractivity (Wildman–Crippen MR) is 167 cm³/mol. The van der Waals surface area contributed by atoms with Gasteiger partial charge in [0.1, 0.15) is 47.6 Å². The van der Waals surface area contributed by atoms with Crippen molar-refractivity contribution in [2.24, 2.45) is 0 Å². The van der Waals surface area contributed by atoms with Crippen LogP contribution in [0.4, 0.5) is 52.7 Å². The largest absolute Gasteiger partial charge is 0.573 e. The standard InChI is InChI=1S/C36H8F12N6O4/c37-33(38,39)55-25-3-1-15(5-27(25)57-35(43,44)45)29-23(13-53)19-7-22-20(8-21(19)31(29)17(9-49)10-50)24(14-54)30(32(22)18(11-51)12-52)16-2-4-26(56-34(40,41)42)28(6-16)58-36(46,47)48/h1-8H. The molecule has 3 aromatic carbocycles. The van der Waals surface area contributed by atoms with Crippen LogP contribution < -0.4 is 18.9 Å². The fourth-order valence-electron chi connectivity index (χ4n) is 5.97. The Morgan fingerprint density at radius 2 is 0.690 bits per heavy atom. The highest BCUT2D eigenvalue weighted by molar-refractivity contribution is 6.30.